The van der Waals surface area contributed by atoms with Crippen molar-refractivity contribution in [1.82, 2.24) is 4.90 Å². The van der Waals surface area contributed by atoms with Gasteiger partial charge in [-0.05, 0) is 19.4 Å². The highest BCUT2D eigenvalue weighted by Gasteiger charge is 2.18. The maximum Gasteiger partial charge on any atom is 0.234 e. The lowest BCUT2D eigenvalue weighted by Gasteiger charge is -2.26. The molecule has 0 aliphatic carbocycles. The maximum atomic E-state index is 11.3. The van der Waals surface area contributed by atoms with Crippen molar-refractivity contribution in [3.05, 3.63) is 35.4 Å². The fourth-order valence-electron chi connectivity index (χ4n) is 1.84. The van der Waals surface area contributed by atoms with Crippen LogP contribution in [0.5, 0.6) is 0 Å². The minimum atomic E-state index is -0.307. The molecule has 0 aliphatic rings. The van der Waals surface area contributed by atoms with Crippen molar-refractivity contribution in [2.24, 2.45) is 5.73 Å². The standard InChI is InChI=1S/C14H22N2O2/c1-11-5-4-6-13(9-11)10-16(7-8-18-3)12(2)14(15)17/h4-6,9,12H,7-8,10H2,1-3H3,(H2,15,17)/t12-/m0/s1. The van der Waals surface area contributed by atoms with Crippen molar-refractivity contribution in [3.8, 4) is 0 Å². The molecule has 18 heavy (non-hydrogen) atoms. The molecule has 0 radical (unpaired) electrons. The summed E-state index contributed by atoms with van der Waals surface area (Å²) in [6, 6.07) is 7.96. The van der Waals surface area contributed by atoms with Crippen LogP contribution in [-0.4, -0.2) is 37.1 Å². The lowest BCUT2D eigenvalue weighted by molar-refractivity contribution is -0.123. The van der Waals surface area contributed by atoms with Crippen molar-refractivity contribution in [2.75, 3.05) is 20.3 Å². The van der Waals surface area contributed by atoms with Gasteiger partial charge in [0.05, 0.1) is 12.6 Å². The first-order valence-electron chi connectivity index (χ1n) is 6.12. The quantitative estimate of drug-likeness (QED) is 0.794. The molecule has 1 atom stereocenters. The highest BCUT2D eigenvalue weighted by atomic mass is 16.5. The van der Waals surface area contributed by atoms with Gasteiger partial charge in [-0.15, -0.1) is 0 Å². The summed E-state index contributed by atoms with van der Waals surface area (Å²) in [5.41, 5.74) is 7.76. The van der Waals surface area contributed by atoms with Crippen LogP contribution in [0.3, 0.4) is 0 Å². The fourth-order valence-corrected chi connectivity index (χ4v) is 1.84. The molecule has 0 aromatic heterocycles. The molecule has 4 heteroatoms. The van der Waals surface area contributed by atoms with Crippen LogP contribution in [0.2, 0.25) is 0 Å². The first kappa shape index (κ1) is 14.7. The minimum Gasteiger partial charge on any atom is -0.383 e. The van der Waals surface area contributed by atoms with E-state index in [0.29, 0.717) is 19.7 Å². The number of hydrogen-bond donors (Lipinski definition) is 1. The molecule has 1 amide bonds. The highest BCUT2D eigenvalue weighted by molar-refractivity contribution is 5.79. The van der Waals surface area contributed by atoms with Gasteiger partial charge in [-0.3, -0.25) is 9.69 Å². The predicted octanol–water partition coefficient (Wildman–Crippen LogP) is 1.32. The number of benzene rings is 1. The summed E-state index contributed by atoms with van der Waals surface area (Å²) in [7, 11) is 1.65. The van der Waals surface area contributed by atoms with E-state index in [4.69, 9.17) is 10.5 Å². The number of nitrogens with zero attached hydrogens (tertiary/aromatic N) is 1. The van der Waals surface area contributed by atoms with Crippen molar-refractivity contribution < 1.29 is 9.53 Å². The van der Waals surface area contributed by atoms with Gasteiger partial charge in [0.2, 0.25) is 5.91 Å². The van der Waals surface area contributed by atoms with E-state index >= 15 is 0 Å². The van der Waals surface area contributed by atoms with Gasteiger partial charge in [-0.25, -0.2) is 0 Å². The van der Waals surface area contributed by atoms with E-state index in [2.05, 4.69) is 25.1 Å². The highest BCUT2D eigenvalue weighted by Crippen LogP contribution is 2.10. The fraction of sp³-hybridized carbons (Fsp3) is 0.500. The van der Waals surface area contributed by atoms with Crippen LogP contribution in [0.15, 0.2) is 24.3 Å². The van der Waals surface area contributed by atoms with Gasteiger partial charge in [0.15, 0.2) is 0 Å². The Hall–Kier alpha value is -1.39. The molecular weight excluding hydrogens is 228 g/mol. The Labute approximate surface area is 109 Å². The van der Waals surface area contributed by atoms with Crippen molar-refractivity contribution >= 4 is 5.91 Å². The second-order valence-electron chi connectivity index (χ2n) is 4.53. The number of methoxy groups -OCH3 is 1. The largest absolute Gasteiger partial charge is 0.383 e. The van der Waals surface area contributed by atoms with Gasteiger partial charge in [0, 0.05) is 20.2 Å². The van der Waals surface area contributed by atoms with Crippen LogP contribution in [0.1, 0.15) is 18.1 Å². The summed E-state index contributed by atoms with van der Waals surface area (Å²) in [5, 5.41) is 0. The molecule has 1 rings (SSSR count). The Balaban J connectivity index is 2.74. The van der Waals surface area contributed by atoms with Crippen molar-refractivity contribution in [1.29, 1.82) is 0 Å². The summed E-state index contributed by atoms with van der Waals surface area (Å²) in [6.45, 7) is 5.86. The Morgan fingerprint density at radius 1 is 1.50 bits per heavy atom. The SMILES string of the molecule is COCCN(Cc1cccc(C)c1)[C@@H](C)C(N)=O. The maximum absolute atomic E-state index is 11.3. The molecule has 0 spiro atoms. The molecule has 0 bridgehead atoms. The van der Waals surface area contributed by atoms with E-state index in [1.165, 1.54) is 11.1 Å². The third kappa shape index (κ3) is 4.47. The summed E-state index contributed by atoms with van der Waals surface area (Å²) < 4.78 is 5.07. The number of carbonyl (C=O) groups excluding carboxylic acids is 1. The first-order valence-corrected chi connectivity index (χ1v) is 6.12. The molecule has 0 saturated carbocycles. The van der Waals surface area contributed by atoms with Crippen LogP contribution >= 0.6 is 0 Å². The van der Waals surface area contributed by atoms with E-state index in [1.807, 2.05) is 17.9 Å². The van der Waals surface area contributed by atoms with Gasteiger partial charge < -0.3 is 10.5 Å². The van der Waals surface area contributed by atoms with Crippen LogP contribution in [0.4, 0.5) is 0 Å². The Morgan fingerprint density at radius 3 is 2.78 bits per heavy atom. The van der Waals surface area contributed by atoms with E-state index in [9.17, 15) is 4.79 Å². The van der Waals surface area contributed by atoms with E-state index in [1.54, 1.807) is 7.11 Å². The van der Waals surface area contributed by atoms with Crippen molar-refractivity contribution in [2.45, 2.75) is 26.4 Å². The first-order chi connectivity index (χ1) is 8.54. The zero-order valence-corrected chi connectivity index (χ0v) is 11.3. The number of primary amides is 1. The third-order valence-corrected chi connectivity index (χ3v) is 3.01. The molecule has 4 nitrogen and oxygen atoms in total. The number of nitrogens with two attached hydrogens (primary N) is 1. The summed E-state index contributed by atoms with van der Waals surface area (Å²) in [6.07, 6.45) is 0. The molecule has 2 N–H and O–H groups in total. The molecule has 100 valence electrons. The van der Waals surface area contributed by atoms with Gasteiger partial charge in [0.1, 0.15) is 0 Å². The lowest BCUT2D eigenvalue weighted by Crippen LogP contribution is -2.43. The second kappa shape index (κ2) is 7.13. The summed E-state index contributed by atoms with van der Waals surface area (Å²) in [5.74, 6) is -0.307. The predicted molar refractivity (Wildman–Crippen MR) is 72.1 cm³/mol. The van der Waals surface area contributed by atoms with Gasteiger partial charge >= 0.3 is 0 Å². The smallest absolute Gasteiger partial charge is 0.234 e. The molecule has 0 heterocycles. The van der Waals surface area contributed by atoms with Crippen LogP contribution in [-0.2, 0) is 16.1 Å². The van der Waals surface area contributed by atoms with Gasteiger partial charge in [-0.2, -0.15) is 0 Å². The van der Waals surface area contributed by atoms with E-state index in [-0.39, 0.29) is 11.9 Å². The number of aryl methyl sites for hydroxylation is 1. The third-order valence-electron chi connectivity index (χ3n) is 3.01. The molecule has 1 aromatic rings. The van der Waals surface area contributed by atoms with Crippen LogP contribution < -0.4 is 5.73 Å². The molecule has 0 fully saturated rings. The lowest BCUT2D eigenvalue weighted by atomic mass is 10.1. The average molecular weight is 250 g/mol. The number of hydrogen-bond acceptors (Lipinski definition) is 3. The monoisotopic (exact) mass is 250 g/mol. The molecule has 0 unspecified atom stereocenters. The molecule has 1 aromatic carbocycles. The zero-order valence-electron chi connectivity index (χ0n) is 11.3. The molecule has 0 saturated heterocycles. The molecule has 0 aliphatic heterocycles. The van der Waals surface area contributed by atoms with Gasteiger partial charge in [0.25, 0.3) is 0 Å². The number of amides is 1. The van der Waals surface area contributed by atoms with Crippen molar-refractivity contribution in [3.63, 3.8) is 0 Å². The number of carbonyl (C=O) groups is 1. The Bertz CT molecular complexity index is 393. The van der Waals surface area contributed by atoms with Gasteiger partial charge in [-0.1, -0.05) is 29.8 Å². The zero-order chi connectivity index (χ0) is 13.5. The van der Waals surface area contributed by atoms with E-state index < -0.39 is 0 Å². The van der Waals surface area contributed by atoms with Crippen LogP contribution in [0, 0.1) is 6.92 Å². The summed E-state index contributed by atoms with van der Waals surface area (Å²) in [4.78, 5) is 13.3. The number of ether oxygens (including phenoxy) is 1. The topological polar surface area (TPSA) is 55.6 Å². The minimum absolute atomic E-state index is 0.291. The number of rotatable bonds is 7. The Kier molecular flexibility index (Phi) is 5.82. The Morgan fingerprint density at radius 2 is 2.22 bits per heavy atom. The normalized spacial score (nSPS) is 12.7. The average Bonchev–Trinajstić information content (AvgIpc) is 2.33. The van der Waals surface area contributed by atoms with E-state index in [0.717, 1.165) is 0 Å². The second-order valence-corrected chi connectivity index (χ2v) is 4.53. The molecular formula is C14H22N2O2. The van der Waals surface area contributed by atoms with Crippen LogP contribution in [0.25, 0.3) is 0 Å². The summed E-state index contributed by atoms with van der Waals surface area (Å²) >= 11 is 0.